The molecule has 2 heterocycles. The van der Waals surface area contributed by atoms with Crippen LogP contribution >= 0.6 is 0 Å². The SMILES string of the molecule is CC(C)(C)CNC(=O)c1cc2c(=O)[nH]c(-c3ccc4ccccc4c3)cn2n1. The molecule has 0 spiro atoms. The largest absolute Gasteiger partial charge is 0.350 e. The third-order valence-corrected chi connectivity index (χ3v) is 4.54. The van der Waals surface area contributed by atoms with E-state index in [0.717, 1.165) is 16.3 Å². The first-order chi connectivity index (χ1) is 13.3. The molecule has 0 radical (unpaired) electrons. The molecular weight excluding hydrogens is 352 g/mol. The van der Waals surface area contributed by atoms with Crippen LogP contribution in [0.25, 0.3) is 27.5 Å². The van der Waals surface area contributed by atoms with E-state index in [0.29, 0.717) is 17.8 Å². The van der Waals surface area contributed by atoms with Gasteiger partial charge in [-0.15, -0.1) is 0 Å². The summed E-state index contributed by atoms with van der Waals surface area (Å²) in [4.78, 5) is 27.8. The standard InChI is InChI=1S/C22H22N4O2/c1-22(2,3)13-23-20(27)17-11-19-21(28)24-18(12-26(19)25-17)16-9-8-14-6-4-5-7-15(14)10-16/h4-12H,13H2,1-3H3,(H,23,27)(H,24,28). The first-order valence-corrected chi connectivity index (χ1v) is 9.20. The molecule has 0 atom stereocenters. The summed E-state index contributed by atoms with van der Waals surface area (Å²) in [5.41, 5.74) is 1.78. The van der Waals surface area contributed by atoms with Crippen LogP contribution in [0.2, 0.25) is 0 Å². The van der Waals surface area contributed by atoms with Crippen molar-refractivity contribution in [1.29, 1.82) is 0 Å². The Kier molecular flexibility index (Phi) is 4.26. The Hall–Kier alpha value is -3.41. The molecule has 0 aliphatic rings. The first-order valence-electron chi connectivity index (χ1n) is 9.20. The number of amides is 1. The summed E-state index contributed by atoms with van der Waals surface area (Å²) >= 11 is 0. The highest BCUT2D eigenvalue weighted by atomic mass is 16.2. The van der Waals surface area contributed by atoms with Crippen LogP contribution < -0.4 is 10.9 Å². The van der Waals surface area contributed by atoms with Crippen molar-refractivity contribution >= 4 is 22.2 Å². The first kappa shape index (κ1) is 18.0. The van der Waals surface area contributed by atoms with Crippen LogP contribution in [0.1, 0.15) is 31.3 Å². The zero-order valence-electron chi connectivity index (χ0n) is 16.1. The minimum Gasteiger partial charge on any atom is -0.350 e. The van der Waals surface area contributed by atoms with Crippen LogP contribution in [-0.2, 0) is 0 Å². The van der Waals surface area contributed by atoms with Gasteiger partial charge in [-0.2, -0.15) is 5.10 Å². The van der Waals surface area contributed by atoms with Crippen LogP contribution in [0.4, 0.5) is 0 Å². The quantitative estimate of drug-likeness (QED) is 0.575. The highest BCUT2D eigenvalue weighted by Crippen LogP contribution is 2.22. The average molecular weight is 374 g/mol. The Morgan fingerprint density at radius 1 is 1.11 bits per heavy atom. The lowest BCUT2D eigenvalue weighted by Gasteiger charge is -2.17. The Morgan fingerprint density at radius 2 is 1.86 bits per heavy atom. The van der Waals surface area contributed by atoms with E-state index in [9.17, 15) is 9.59 Å². The number of benzene rings is 2. The van der Waals surface area contributed by atoms with Crippen molar-refractivity contribution in [2.75, 3.05) is 6.54 Å². The highest BCUT2D eigenvalue weighted by Gasteiger charge is 2.17. The number of fused-ring (bicyclic) bond motifs is 2. The summed E-state index contributed by atoms with van der Waals surface area (Å²) in [5, 5.41) is 9.38. The molecule has 142 valence electrons. The maximum atomic E-state index is 12.5. The monoisotopic (exact) mass is 374 g/mol. The van der Waals surface area contributed by atoms with Gasteiger partial charge in [-0.05, 0) is 22.3 Å². The zero-order chi connectivity index (χ0) is 19.9. The van der Waals surface area contributed by atoms with E-state index in [1.54, 1.807) is 6.20 Å². The normalized spacial score (nSPS) is 11.8. The lowest BCUT2D eigenvalue weighted by atomic mass is 9.97. The molecule has 0 saturated heterocycles. The zero-order valence-corrected chi connectivity index (χ0v) is 16.1. The summed E-state index contributed by atoms with van der Waals surface area (Å²) in [6.45, 7) is 6.64. The van der Waals surface area contributed by atoms with Gasteiger partial charge in [-0.25, -0.2) is 4.52 Å². The number of rotatable bonds is 3. The number of nitrogens with zero attached hydrogens (tertiary/aromatic N) is 2. The molecule has 0 aliphatic carbocycles. The molecule has 1 amide bonds. The molecule has 0 bridgehead atoms. The third kappa shape index (κ3) is 3.53. The van der Waals surface area contributed by atoms with Gasteiger partial charge in [0.05, 0.1) is 11.9 Å². The van der Waals surface area contributed by atoms with Crippen molar-refractivity contribution in [3.8, 4) is 11.3 Å². The summed E-state index contributed by atoms with van der Waals surface area (Å²) < 4.78 is 1.47. The Bertz CT molecular complexity index is 1240. The molecule has 4 aromatic rings. The summed E-state index contributed by atoms with van der Waals surface area (Å²) in [5.74, 6) is -0.287. The van der Waals surface area contributed by atoms with Gasteiger partial charge >= 0.3 is 0 Å². The maximum Gasteiger partial charge on any atom is 0.274 e. The molecular formula is C22H22N4O2. The lowest BCUT2D eigenvalue weighted by Crippen LogP contribution is -2.32. The van der Waals surface area contributed by atoms with Crippen molar-refractivity contribution in [1.82, 2.24) is 19.9 Å². The summed E-state index contributed by atoms with van der Waals surface area (Å²) in [6, 6.07) is 15.6. The van der Waals surface area contributed by atoms with E-state index in [-0.39, 0.29) is 22.6 Å². The summed E-state index contributed by atoms with van der Waals surface area (Å²) in [6.07, 6.45) is 1.74. The highest BCUT2D eigenvalue weighted by molar-refractivity contribution is 5.93. The molecule has 4 rings (SSSR count). The van der Waals surface area contributed by atoms with Gasteiger partial charge in [-0.1, -0.05) is 57.2 Å². The molecule has 0 unspecified atom stereocenters. The Labute approximate surface area is 162 Å². The number of hydrogen-bond donors (Lipinski definition) is 2. The fourth-order valence-corrected chi connectivity index (χ4v) is 3.05. The Morgan fingerprint density at radius 3 is 2.61 bits per heavy atom. The van der Waals surface area contributed by atoms with E-state index in [2.05, 4.69) is 15.4 Å². The smallest absolute Gasteiger partial charge is 0.274 e. The number of aromatic amines is 1. The molecule has 2 aromatic heterocycles. The topological polar surface area (TPSA) is 79.3 Å². The molecule has 28 heavy (non-hydrogen) atoms. The fraction of sp³-hybridized carbons (Fsp3) is 0.227. The molecule has 2 N–H and O–H groups in total. The van der Waals surface area contributed by atoms with Crippen LogP contribution in [0.5, 0.6) is 0 Å². The van der Waals surface area contributed by atoms with E-state index in [1.165, 1.54) is 10.6 Å². The van der Waals surface area contributed by atoms with E-state index in [4.69, 9.17) is 0 Å². The second kappa shape index (κ2) is 6.64. The van der Waals surface area contributed by atoms with Crippen LogP contribution in [0.3, 0.4) is 0 Å². The minimum atomic E-state index is -0.287. The number of H-pyrrole nitrogens is 1. The number of carbonyl (C=O) groups excluding carboxylic acids is 1. The average Bonchev–Trinajstić information content (AvgIpc) is 3.10. The van der Waals surface area contributed by atoms with E-state index < -0.39 is 0 Å². The van der Waals surface area contributed by atoms with E-state index in [1.807, 2.05) is 63.2 Å². The number of carbonyl (C=O) groups is 1. The van der Waals surface area contributed by atoms with Gasteiger partial charge in [0.2, 0.25) is 0 Å². The van der Waals surface area contributed by atoms with Gasteiger partial charge in [0.1, 0.15) is 5.52 Å². The van der Waals surface area contributed by atoms with Crippen molar-refractivity contribution in [2.45, 2.75) is 20.8 Å². The van der Waals surface area contributed by atoms with Crippen molar-refractivity contribution < 1.29 is 4.79 Å². The molecule has 0 fully saturated rings. The third-order valence-electron chi connectivity index (χ3n) is 4.54. The number of nitrogens with one attached hydrogen (secondary N) is 2. The fourth-order valence-electron chi connectivity index (χ4n) is 3.05. The van der Waals surface area contributed by atoms with Crippen LogP contribution in [-0.4, -0.2) is 27.0 Å². The lowest BCUT2D eigenvalue weighted by molar-refractivity contribution is 0.0934. The second-order valence-electron chi connectivity index (χ2n) is 8.16. The van der Waals surface area contributed by atoms with Crippen molar-refractivity contribution in [3.63, 3.8) is 0 Å². The van der Waals surface area contributed by atoms with Gasteiger partial charge in [0.25, 0.3) is 11.5 Å². The van der Waals surface area contributed by atoms with Gasteiger partial charge in [0, 0.05) is 18.2 Å². The van der Waals surface area contributed by atoms with Crippen LogP contribution in [0, 0.1) is 5.41 Å². The summed E-state index contributed by atoms with van der Waals surface area (Å²) in [7, 11) is 0. The number of aromatic nitrogens is 3. The molecule has 6 nitrogen and oxygen atoms in total. The number of hydrogen-bond acceptors (Lipinski definition) is 3. The Balaban J connectivity index is 1.71. The minimum absolute atomic E-state index is 0.0322. The molecule has 0 saturated carbocycles. The second-order valence-corrected chi connectivity index (χ2v) is 8.16. The van der Waals surface area contributed by atoms with E-state index >= 15 is 0 Å². The predicted molar refractivity (Wildman–Crippen MR) is 111 cm³/mol. The molecule has 2 aromatic carbocycles. The molecule has 6 heteroatoms. The van der Waals surface area contributed by atoms with Gasteiger partial charge < -0.3 is 10.3 Å². The van der Waals surface area contributed by atoms with Crippen LogP contribution in [0.15, 0.2) is 59.5 Å². The maximum absolute atomic E-state index is 12.5. The van der Waals surface area contributed by atoms with Gasteiger partial charge in [0.15, 0.2) is 5.69 Å². The van der Waals surface area contributed by atoms with Gasteiger partial charge in [-0.3, -0.25) is 9.59 Å². The van der Waals surface area contributed by atoms with Crippen molar-refractivity contribution in [3.05, 3.63) is 70.8 Å². The predicted octanol–water partition coefficient (Wildman–Crippen LogP) is 3.62. The molecule has 0 aliphatic heterocycles. The van der Waals surface area contributed by atoms with Crippen molar-refractivity contribution in [2.24, 2.45) is 5.41 Å².